The fourth-order valence-electron chi connectivity index (χ4n) is 2.61. The number of nitrogens with zero attached hydrogens (tertiary/aromatic N) is 5. The third kappa shape index (κ3) is 2.53. The Kier molecular flexibility index (Phi) is 4.32. The molecule has 21 heavy (non-hydrogen) atoms. The quantitative estimate of drug-likeness (QED) is 0.783. The van der Waals surface area contributed by atoms with Crippen LogP contribution in [-0.4, -0.2) is 43.2 Å². The molecule has 0 aromatic carbocycles. The van der Waals surface area contributed by atoms with Crippen LogP contribution < -0.4 is 11.2 Å². The SMILES string of the molecule is CCN(CC)CCn1c(C)nc2c1c(=O)n(C)c(=O)n2C. The van der Waals surface area contributed by atoms with Gasteiger partial charge in [-0.05, 0) is 20.0 Å². The van der Waals surface area contributed by atoms with E-state index in [-0.39, 0.29) is 11.2 Å². The van der Waals surface area contributed by atoms with Gasteiger partial charge in [-0.2, -0.15) is 0 Å². The van der Waals surface area contributed by atoms with E-state index in [9.17, 15) is 9.59 Å². The molecule has 0 N–H and O–H groups in total. The summed E-state index contributed by atoms with van der Waals surface area (Å²) in [5.41, 5.74) is 0.332. The van der Waals surface area contributed by atoms with Crippen molar-refractivity contribution in [2.24, 2.45) is 14.1 Å². The van der Waals surface area contributed by atoms with Crippen molar-refractivity contribution < 1.29 is 0 Å². The topological polar surface area (TPSA) is 65.1 Å². The molecule has 0 bridgehead atoms. The molecule has 0 aliphatic carbocycles. The number of rotatable bonds is 5. The molecule has 0 unspecified atom stereocenters. The first kappa shape index (κ1) is 15.5. The molecule has 0 aliphatic rings. The fourth-order valence-corrected chi connectivity index (χ4v) is 2.61. The number of hydrogen-bond acceptors (Lipinski definition) is 4. The van der Waals surface area contributed by atoms with Crippen molar-refractivity contribution in [2.45, 2.75) is 27.3 Å². The van der Waals surface area contributed by atoms with Crippen LogP contribution in [0, 0.1) is 6.92 Å². The van der Waals surface area contributed by atoms with E-state index in [4.69, 9.17) is 0 Å². The monoisotopic (exact) mass is 293 g/mol. The van der Waals surface area contributed by atoms with Gasteiger partial charge in [0.2, 0.25) is 0 Å². The zero-order valence-electron chi connectivity index (χ0n) is 13.4. The molecule has 2 aromatic rings. The molecule has 116 valence electrons. The highest BCUT2D eigenvalue weighted by Crippen LogP contribution is 2.10. The lowest BCUT2D eigenvalue weighted by Crippen LogP contribution is -2.38. The minimum atomic E-state index is -0.346. The van der Waals surface area contributed by atoms with Crippen LogP contribution in [0.4, 0.5) is 0 Å². The zero-order chi connectivity index (χ0) is 15.7. The van der Waals surface area contributed by atoms with Crippen molar-refractivity contribution >= 4 is 11.2 Å². The summed E-state index contributed by atoms with van der Waals surface area (Å²) in [6, 6.07) is 0. The smallest absolute Gasteiger partial charge is 0.321 e. The third-order valence-corrected chi connectivity index (χ3v) is 4.07. The van der Waals surface area contributed by atoms with E-state index in [2.05, 4.69) is 23.7 Å². The van der Waals surface area contributed by atoms with E-state index < -0.39 is 0 Å². The van der Waals surface area contributed by atoms with Gasteiger partial charge in [-0.1, -0.05) is 13.8 Å². The Bertz CT molecular complexity index is 764. The van der Waals surface area contributed by atoms with Crippen molar-refractivity contribution in [2.75, 3.05) is 19.6 Å². The van der Waals surface area contributed by atoms with Crippen LogP contribution in [0.1, 0.15) is 19.7 Å². The average Bonchev–Trinajstić information content (AvgIpc) is 2.81. The summed E-state index contributed by atoms with van der Waals surface area (Å²) >= 11 is 0. The molecule has 7 heteroatoms. The van der Waals surface area contributed by atoms with Gasteiger partial charge in [-0.3, -0.25) is 13.9 Å². The summed E-state index contributed by atoms with van der Waals surface area (Å²) in [6.07, 6.45) is 0. The molecule has 7 nitrogen and oxygen atoms in total. The second-order valence-electron chi connectivity index (χ2n) is 5.22. The van der Waals surface area contributed by atoms with Gasteiger partial charge in [0, 0.05) is 27.2 Å². The molecule has 2 rings (SSSR count). The van der Waals surface area contributed by atoms with E-state index in [1.807, 2.05) is 11.5 Å². The average molecular weight is 293 g/mol. The molecule has 0 radical (unpaired) electrons. The fraction of sp³-hybridized carbons (Fsp3) is 0.643. The summed E-state index contributed by atoms with van der Waals surface area (Å²) in [6.45, 7) is 9.59. The Morgan fingerprint density at radius 1 is 1.10 bits per heavy atom. The highest BCUT2D eigenvalue weighted by Gasteiger charge is 2.17. The van der Waals surface area contributed by atoms with Crippen LogP contribution in [0.2, 0.25) is 0 Å². The molecule has 0 aliphatic heterocycles. The maximum Gasteiger partial charge on any atom is 0.332 e. The number of imidazole rings is 1. The standard InChI is InChI=1S/C14H23N5O2/c1-6-18(7-2)8-9-19-10(3)15-12-11(19)13(20)17(5)14(21)16(12)4/h6-9H2,1-5H3. The second-order valence-corrected chi connectivity index (χ2v) is 5.22. The summed E-state index contributed by atoms with van der Waals surface area (Å²) in [4.78, 5) is 31.0. The lowest BCUT2D eigenvalue weighted by atomic mass is 10.4. The Hall–Kier alpha value is -1.89. The number of aromatic nitrogens is 4. The Morgan fingerprint density at radius 3 is 2.29 bits per heavy atom. The molecular weight excluding hydrogens is 270 g/mol. The van der Waals surface area contributed by atoms with Gasteiger partial charge < -0.3 is 9.47 Å². The van der Waals surface area contributed by atoms with Crippen LogP contribution in [0.3, 0.4) is 0 Å². The molecule has 0 atom stereocenters. The lowest BCUT2D eigenvalue weighted by Gasteiger charge is -2.18. The van der Waals surface area contributed by atoms with Gasteiger partial charge >= 0.3 is 5.69 Å². The Morgan fingerprint density at radius 2 is 1.71 bits per heavy atom. The van der Waals surface area contributed by atoms with Crippen molar-refractivity contribution in [1.82, 2.24) is 23.6 Å². The van der Waals surface area contributed by atoms with E-state index in [0.29, 0.717) is 17.7 Å². The van der Waals surface area contributed by atoms with Crippen LogP contribution >= 0.6 is 0 Å². The van der Waals surface area contributed by atoms with E-state index in [0.717, 1.165) is 30.0 Å². The number of likely N-dealkylation sites (N-methyl/N-ethyl adjacent to an activating group) is 1. The summed E-state index contributed by atoms with van der Waals surface area (Å²) < 4.78 is 4.48. The first-order valence-corrected chi connectivity index (χ1v) is 7.27. The van der Waals surface area contributed by atoms with Crippen LogP contribution in [0.25, 0.3) is 11.2 Å². The minimum absolute atomic E-state index is 0.284. The molecule has 0 saturated heterocycles. The normalized spacial score (nSPS) is 11.7. The summed E-state index contributed by atoms with van der Waals surface area (Å²) in [5, 5.41) is 0. The highest BCUT2D eigenvalue weighted by atomic mass is 16.2. The van der Waals surface area contributed by atoms with Gasteiger partial charge in [-0.25, -0.2) is 9.78 Å². The van der Waals surface area contributed by atoms with Gasteiger partial charge in [-0.15, -0.1) is 0 Å². The van der Waals surface area contributed by atoms with Gasteiger partial charge in [0.25, 0.3) is 5.56 Å². The maximum absolute atomic E-state index is 12.4. The number of aryl methyl sites for hydroxylation is 2. The third-order valence-electron chi connectivity index (χ3n) is 4.07. The Labute approximate surface area is 123 Å². The van der Waals surface area contributed by atoms with Crippen molar-refractivity contribution in [3.05, 3.63) is 26.7 Å². The van der Waals surface area contributed by atoms with Crippen molar-refractivity contribution in [3.63, 3.8) is 0 Å². The zero-order valence-corrected chi connectivity index (χ0v) is 13.4. The van der Waals surface area contributed by atoms with Gasteiger partial charge in [0.15, 0.2) is 11.2 Å². The lowest BCUT2D eigenvalue weighted by molar-refractivity contribution is 0.291. The number of hydrogen-bond donors (Lipinski definition) is 0. The first-order valence-electron chi connectivity index (χ1n) is 7.27. The Balaban J connectivity index is 2.57. The summed E-state index contributed by atoms with van der Waals surface area (Å²) in [7, 11) is 3.15. The van der Waals surface area contributed by atoms with Crippen molar-refractivity contribution in [1.29, 1.82) is 0 Å². The van der Waals surface area contributed by atoms with E-state index in [1.165, 1.54) is 11.6 Å². The minimum Gasteiger partial charge on any atom is -0.321 e. The van der Waals surface area contributed by atoms with Crippen molar-refractivity contribution in [3.8, 4) is 0 Å². The molecular formula is C14H23N5O2. The van der Waals surface area contributed by atoms with E-state index in [1.54, 1.807) is 7.05 Å². The number of fused-ring (bicyclic) bond motifs is 1. The van der Waals surface area contributed by atoms with Crippen LogP contribution in [0.5, 0.6) is 0 Å². The first-order chi connectivity index (χ1) is 9.92. The largest absolute Gasteiger partial charge is 0.332 e. The molecule has 0 spiro atoms. The van der Waals surface area contributed by atoms with Crippen LogP contribution in [-0.2, 0) is 20.6 Å². The highest BCUT2D eigenvalue weighted by molar-refractivity contribution is 5.70. The van der Waals surface area contributed by atoms with Gasteiger partial charge in [0.1, 0.15) is 5.82 Å². The molecule has 2 heterocycles. The summed E-state index contributed by atoms with van der Waals surface area (Å²) in [5.74, 6) is 0.760. The molecule has 0 fully saturated rings. The molecule has 0 amide bonds. The van der Waals surface area contributed by atoms with E-state index >= 15 is 0 Å². The van der Waals surface area contributed by atoms with Gasteiger partial charge in [0.05, 0.1) is 0 Å². The van der Waals surface area contributed by atoms with Crippen LogP contribution in [0.15, 0.2) is 9.59 Å². The molecule has 0 saturated carbocycles. The second kappa shape index (κ2) is 5.85. The predicted octanol–water partition coefficient (Wildman–Crippen LogP) is 0.0839. The maximum atomic E-state index is 12.4. The predicted molar refractivity (Wildman–Crippen MR) is 82.7 cm³/mol. The molecule has 2 aromatic heterocycles.